The number of rotatable bonds is 7. The molecule has 1 fully saturated rings. The molecule has 0 radical (unpaired) electrons. The lowest BCUT2D eigenvalue weighted by Gasteiger charge is -2.26. The average Bonchev–Trinajstić information content (AvgIpc) is 2.84. The number of nitrogens with one attached hydrogen (secondary N) is 1. The molecular weight excluding hydrogens is 560 g/mol. The van der Waals surface area contributed by atoms with Gasteiger partial charge in [-0.3, -0.25) is 14.9 Å². The topological polar surface area (TPSA) is 84.9 Å². The lowest BCUT2D eigenvalue weighted by molar-refractivity contribution is -0.122. The van der Waals surface area contributed by atoms with Crippen LogP contribution in [-0.4, -0.2) is 24.5 Å². The smallest absolute Gasteiger partial charge is 0.335 e. The summed E-state index contributed by atoms with van der Waals surface area (Å²) in [4.78, 5) is 39.3. The van der Waals surface area contributed by atoms with Crippen LogP contribution in [0.3, 0.4) is 0 Å². The SMILES string of the molecule is CCOc1cc(/C=C2\C(=O)NC(=O)N(c3ccc(Br)c(C)c3)C2=O)cc(Cl)c1OCc1ccc(C)cc1. The van der Waals surface area contributed by atoms with E-state index in [0.29, 0.717) is 29.4 Å². The van der Waals surface area contributed by atoms with Crippen LogP contribution in [0.1, 0.15) is 29.2 Å². The number of anilines is 1. The molecule has 3 aromatic rings. The second-order valence-corrected chi connectivity index (χ2v) is 9.69. The van der Waals surface area contributed by atoms with Crippen LogP contribution in [0, 0.1) is 13.8 Å². The van der Waals surface area contributed by atoms with Gasteiger partial charge < -0.3 is 9.47 Å². The van der Waals surface area contributed by atoms with Crippen molar-refractivity contribution in [1.82, 2.24) is 5.32 Å². The van der Waals surface area contributed by atoms with Crippen LogP contribution in [0.2, 0.25) is 5.02 Å². The zero-order chi connectivity index (χ0) is 26.7. The number of nitrogens with zero attached hydrogens (tertiary/aromatic N) is 1. The van der Waals surface area contributed by atoms with Crippen LogP contribution in [0.15, 0.2) is 64.6 Å². The van der Waals surface area contributed by atoms with E-state index >= 15 is 0 Å². The molecule has 7 nitrogen and oxygen atoms in total. The van der Waals surface area contributed by atoms with Crippen LogP contribution in [0.5, 0.6) is 11.5 Å². The van der Waals surface area contributed by atoms with E-state index in [0.717, 1.165) is 26.1 Å². The zero-order valence-electron chi connectivity index (χ0n) is 20.4. The molecule has 9 heteroatoms. The van der Waals surface area contributed by atoms with Crippen LogP contribution in [-0.2, 0) is 16.2 Å². The monoisotopic (exact) mass is 582 g/mol. The number of halogens is 2. The molecule has 1 N–H and O–H groups in total. The molecule has 1 aliphatic rings. The van der Waals surface area contributed by atoms with Crippen LogP contribution in [0.25, 0.3) is 6.08 Å². The van der Waals surface area contributed by atoms with Gasteiger partial charge in [-0.15, -0.1) is 0 Å². The molecule has 0 spiro atoms. The molecule has 3 aromatic carbocycles. The van der Waals surface area contributed by atoms with Crippen molar-refractivity contribution in [2.24, 2.45) is 0 Å². The summed E-state index contributed by atoms with van der Waals surface area (Å²) in [6, 6.07) is 15.3. The maximum atomic E-state index is 13.3. The predicted octanol–water partition coefficient (Wildman–Crippen LogP) is 6.36. The summed E-state index contributed by atoms with van der Waals surface area (Å²) in [5.74, 6) is -0.819. The molecule has 4 amide bonds. The highest BCUT2D eigenvalue weighted by Crippen LogP contribution is 2.38. The number of hydrogen-bond donors (Lipinski definition) is 1. The van der Waals surface area contributed by atoms with Gasteiger partial charge in [-0.05, 0) is 73.9 Å². The van der Waals surface area contributed by atoms with E-state index in [1.165, 1.54) is 6.08 Å². The fourth-order valence-corrected chi connectivity index (χ4v) is 4.26. The molecule has 190 valence electrons. The van der Waals surface area contributed by atoms with Crippen LogP contribution < -0.4 is 19.7 Å². The Morgan fingerprint density at radius 1 is 1.00 bits per heavy atom. The summed E-state index contributed by atoms with van der Waals surface area (Å²) in [6.07, 6.45) is 1.38. The van der Waals surface area contributed by atoms with Gasteiger partial charge in [-0.2, -0.15) is 0 Å². The van der Waals surface area contributed by atoms with Crippen molar-refractivity contribution >= 4 is 57.1 Å². The summed E-state index contributed by atoms with van der Waals surface area (Å²) >= 11 is 9.95. The first-order chi connectivity index (χ1) is 17.7. The van der Waals surface area contributed by atoms with Gasteiger partial charge in [-0.1, -0.05) is 57.4 Å². The third-order valence-corrected chi connectivity index (χ3v) is 6.82. The van der Waals surface area contributed by atoms with Gasteiger partial charge in [0.05, 0.1) is 17.3 Å². The second kappa shape index (κ2) is 11.2. The summed E-state index contributed by atoms with van der Waals surface area (Å²) < 4.78 is 12.5. The van der Waals surface area contributed by atoms with Crippen LogP contribution in [0.4, 0.5) is 10.5 Å². The van der Waals surface area contributed by atoms with Crippen molar-refractivity contribution in [2.75, 3.05) is 11.5 Å². The molecule has 1 heterocycles. The first kappa shape index (κ1) is 26.4. The Hall–Kier alpha value is -3.62. The van der Waals surface area contributed by atoms with E-state index in [4.69, 9.17) is 21.1 Å². The van der Waals surface area contributed by atoms with Gasteiger partial charge in [0.25, 0.3) is 11.8 Å². The Balaban J connectivity index is 1.66. The molecule has 0 atom stereocenters. The molecule has 1 aliphatic heterocycles. The number of amides is 4. The number of barbiturate groups is 1. The van der Waals surface area contributed by atoms with E-state index in [1.54, 1.807) is 30.3 Å². The first-order valence-corrected chi connectivity index (χ1v) is 12.7. The number of ether oxygens (including phenoxy) is 2. The Morgan fingerprint density at radius 3 is 2.41 bits per heavy atom. The van der Waals surface area contributed by atoms with Crippen molar-refractivity contribution in [1.29, 1.82) is 0 Å². The third-order valence-electron chi connectivity index (χ3n) is 5.65. The Kier molecular flexibility index (Phi) is 8.00. The fraction of sp³-hybridized carbons (Fsp3) is 0.179. The van der Waals surface area contributed by atoms with E-state index in [2.05, 4.69) is 21.2 Å². The van der Waals surface area contributed by atoms with E-state index < -0.39 is 17.8 Å². The summed E-state index contributed by atoms with van der Waals surface area (Å²) in [6.45, 7) is 6.30. The van der Waals surface area contributed by atoms with Gasteiger partial charge in [0.2, 0.25) is 0 Å². The van der Waals surface area contributed by atoms with Gasteiger partial charge >= 0.3 is 6.03 Å². The molecular formula is C28H24BrClN2O5. The van der Waals surface area contributed by atoms with Gasteiger partial charge in [0, 0.05) is 4.47 Å². The molecule has 0 unspecified atom stereocenters. The first-order valence-electron chi connectivity index (χ1n) is 11.5. The molecule has 1 saturated heterocycles. The molecule has 0 saturated carbocycles. The number of carbonyl (C=O) groups is 3. The van der Waals surface area contributed by atoms with Crippen molar-refractivity contribution in [3.8, 4) is 11.5 Å². The van der Waals surface area contributed by atoms with E-state index in [-0.39, 0.29) is 17.2 Å². The number of hydrogen-bond acceptors (Lipinski definition) is 5. The van der Waals surface area contributed by atoms with Crippen molar-refractivity contribution in [3.63, 3.8) is 0 Å². The number of imide groups is 2. The highest BCUT2D eigenvalue weighted by atomic mass is 79.9. The Morgan fingerprint density at radius 2 is 1.73 bits per heavy atom. The van der Waals surface area contributed by atoms with Crippen LogP contribution >= 0.6 is 27.5 Å². The molecule has 4 rings (SSSR count). The Bertz CT molecular complexity index is 1420. The van der Waals surface area contributed by atoms with Gasteiger partial charge in [0.1, 0.15) is 12.2 Å². The third kappa shape index (κ3) is 5.87. The van der Waals surface area contributed by atoms with Crippen molar-refractivity contribution < 1.29 is 23.9 Å². The lowest BCUT2D eigenvalue weighted by Crippen LogP contribution is -2.54. The average molecular weight is 584 g/mol. The summed E-state index contributed by atoms with van der Waals surface area (Å²) in [5, 5.41) is 2.48. The highest BCUT2D eigenvalue weighted by molar-refractivity contribution is 9.10. The van der Waals surface area contributed by atoms with E-state index in [1.807, 2.05) is 45.0 Å². The van der Waals surface area contributed by atoms with Crippen molar-refractivity contribution in [3.05, 3.63) is 91.9 Å². The number of benzene rings is 3. The molecule has 37 heavy (non-hydrogen) atoms. The fourth-order valence-electron chi connectivity index (χ4n) is 3.74. The minimum atomic E-state index is -0.818. The second-order valence-electron chi connectivity index (χ2n) is 8.43. The number of carbonyl (C=O) groups excluding carboxylic acids is 3. The van der Waals surface area contributed by atoms with Crippen molar-refractivity contribution in [2.45, 2.75) is 27.4 Å². The predicted molar refractivity (Wildman–Crippen MR) is 146 cm³/mol. The standard InChI is InChI=1S/C28H24BrClN2O5/c1-4-36-24-14-19(13-23(30)25(24)37-15-18-7-5-16(2)6-8-18)12-21-26(33)31-28(35)32(27(21)34)20-9-10-22(29)17(3)11-20/h5-14H,4,15H2,1-3H3,(H,31,33,35)/b21-12+. The molecule has 0 bridgehead atoms. The largest absolute Gasteiger partial charge is 0.490 e. The normalized spacial score (nSPS) is 14.7. The molecule has 0 aromatic heterocycles. The maximum Gasteiger partial charge on any atom is 0.335 e. The Labute approximate surface area is 228 Å². The lowest BCUT2D eigenvalue weighted by atomic mass is 10.1. The summed E-state index contributed by atoms with van der Waals surface area (Å²) in [7, 11) is 0. The minimum absolute atomic E-state index is 0.216. The summed E-state index contributed by atoms with van der Waals surface area (Å²) in [5.41, 5.74) is 3.51. The van der Waals surface area contributed by atoms with Gasteiger partial charge in [0.15, 0.2) is 11.5 Å². The highest BCUT2D eigenvalue weighted by Gasteiger charge is 2.37. The maximum absolute atomic E-state index is 13.3. The van der Waals surface area contributed by atoms with E-state index in [9.17, 15) is 14.4 Å². The number of aryl methyl sites for hydroxylation is 2. The minimum Gasteiger partial charge on any atom is -0.490 e. The quantitative estimate of drug-likeness (QED) is 0.258. The molecule has 0 aliphatic carbocycles. The zero-order valence-corrected chi connectivity index (χ0v) is 22.8. The van der Waals surface area contributed by atoms with Gasteiger partial charge in [-0.25, -0.2) is 9.69 Å². The number of urea groups is 1.